The number of hydrogen-bond donors (Lipinski definition) is 0. The molecule has 1 aliphatic heterocycles. The van der Waals surface area contributed by atoms with Crippen LogP contribution >= 0.6 is 0 Å². The highest BCUT2D eigenvalue weighted by atomic mass is 19.1. The Kier molecular flexibility index (Phi) is 4.04. The average molecular weight is 371 g/mol. The molecule has 2 aliphatic rings. The van der Waals surface area contributed by atoms with E-state index >= 15 is 0 Å². The molecule has 1 amide bonds. The van der Waals surface area contributed by atoms with Crippen molar-refractivity contribution in [2.24, 2.45) is 5.92 Å². The molecule has 3 heteroatoms. The second-order valence-corrected chi connectivity index (χ2v) is 7.69. The average Bonchev–Trinajstić information content (AvgIpc) is 3.22. The van der Waals surface area contributed by atoms with Gasteiger partial charge in [-0.25, -0.2) is 4.39 Å². The van der Waals surface area contributed by atoms with Gasteiger partial charge >= 0.3 is 0 Å². The monoisotopic (exact) mass is 371 g/mol. The van der Waals surface area contributed by atoms with Crippen LogP contribution in [0, 0.1) is 11.7 Å². The number of fused-ring (bicyclic) bond motifs is 5. The zero-order chi connectivity index (χ0) is 19.3. The Morgan fingerprint density at radius 3 is 2.64 bits per heavy atom. The minimum Gasteiger partial charge on any atom is -0.304 e. The van der Waals surface area contributed by atoms with Gasteiger partial charge in [0.2, 0.25) is 5.91 Å². The summed E-state index contributed by atoms with van der Waals surface area (Å²) in [6, 6.07) is 19.2. The van der Waals surface area contributed by atoms with Gasteiger partial charge < -0.3 is 4.90 Å². The lowest BCUT2D eigenvalue weighted by molar-refractivity contribution is -0.119. The quantitative estimate of drug-likeness (QED) is 0.496. The first kappa shape index (κ1) is 17.2. The van der Waals surface area contributed by atoms with Crippen molar-refractivity contribution < 1.29 is 9.18 Å². The van der Waals surface area contributed by atoms with Gasteiger partial charge in [-0.05, 0) is 52.4 Å². The van der Waals surface area contributed by atoms with Gasteiger partial charge in [-0.1, -0.05) is 61.5 Å². The Morgan fingerprint density at radius 1 is 1.07 bits per heavy atom. The molecule has 3 aromatic carbocycles. The van der Waals surface area contributed by atoms with Crippen LogP contribution in [0.15, 0.2) is 72.8 Å². The van der Waals surface area contributed by atoms with E-state index in [0.29, 0.717) is 6.42 Å². The van der Waals surface area contributed by atoms with E-state index in [-0.39, 0.29) is 29.6 Å². The van der Waals surface area contributed by atoms with E-state index in [9.17, 15) is 9.18 Å². The summed E-state index contributed by atoms with van der Waals surface area (Å²) in [5.41, 5.74) is 3.24. The molecule has 0 spiro atoms. The first-order valence-corrected chi connectivity index (χ1v) is 9.95. The highest BCUT2D eigenvalue weighted by molar-refractivity contribution is 6.01. The Balaban J connectivity index is 1.78. The third-order valence-electron chi connectivity index (χ3n) is 6.22. The number of halogens is 1. The molecule has 28 heavy (non-hydrogen) atoms. The second kappa shape index (κ2) is 6.59. The van der Waals surface area contributed by atoms with Gasteiger partial charge in [-0.3, -0.25) is 4.79 Å². The fourth-order valence-corrected chi connectivity index (χ4v) is 5.01. The lowest BCUT2D eigenvalue weighted by Gasteiger charge is -2.45. The van der Waals surface area contributed by atoms with Crippen LogP contribution in [-0.4, -0.2) is 5.91 Å². The fourth-order valence-electron chi connectivity index (χ4n) is 5.01. The van der Waals surface area contributed by atoms with Crippen molar-refractivity contribution in [3.05, 3.63) is 89.8 Å². The molecule has 2 nitrogen and oxygen atoms in total. The summed E-state index contributed by atoms with van der Waals surface area (Å²) in [5, 5.41) is 2.41. The zero-order valence-corrected chi connectivity index (χ0v) is 15.8. The summed E-state index contributed by atoms with van der Waals surface area (Å²) in [4.78, 5) is 15.1. The number of hydrogen-bond acceptors (Lipinski definition) is 1. The maximum Gasteiger partial charge on any atom is 0.227 e. The molecule has 140 valence electrons. The standard InChI is InChI=1S/C25H22FNO/c1-2-23(28)27-22-15-12-16-6-3-4-7-19(16)24(22)20-8-5-9-21(20)25(27)17-10-13-18(26)14-11-17/h3-8,10-15,20-21,25H,2,9H2,1H3/t20-,21-,25+/m0/s1. The first-order chi connectivity index (χ1) is 13.7. The first-order valence-electron chi connectivity index (χ1n) is 9.95. The molecule has 0 bridgehead atoms. The Morgan fingerprint density at radius 2 is 1.86 bits per heavy atom. The number of amides is 1. The number of carbonyl (C=O) groups excluding carboxylic acids is 1. The lowest BCUT2D eigenvalue weighted by atomic mass is 9.74. The molecule has 5 rings (SSSR count). The molecule has 0 saturated heterocycles. The molecule has 0 unspecified atom stereocenters. The van der Waals surface area contributed by atoms with Crippen LogP contribution < -0.4 is 4.90 Å². The smallest absolute Gasteiger partial charge is 0.227 e. The van der Waals surface area contributed by atoms with E-state index in [0.717, 1.165) is 17.7 Å². The van der Waals surface area contributed by atoms with E-state index in [2.05, 4.69) is 48.6 Å². The van der Waals surface area contributed by atoms with Gasteiger partial charge in [-0.15, -0.1) is 0 Å². The van der Waals surface area contributed by atoms with Crippen molar-refractivity contribution in [1.29, 1.82) is 0 Å². The molecular weight excluding hydrogens is 349 g/mol. The van der Waals surface area contributed by atoms with Crippen LogP contribution in [0.3, 0.4) is 0 Å². The van der Waals surface area contributed by atoms with Crippen LogP contribution in [-0.2, 0) is 4.79 Å². The summed E-state index contributed by atoms with van der Waals surface area (Å²) < 4.78 is 13.6. The van der Waals surface area contributed by atoms with Gasteiger partial charge in [0.05, 0.1) is 6.04 Å². The third-order valence-corrected chi connectivity index (χ3v) is 6.22. The number of nitrogens with zero attached hydrogens (tertiary/aromatic N) is 1. The van der Waals surface area contributed by atoms with Crippen LogP contribution in [0.25, 0.3) is 10.8 Å². The summed E-state index contributed by atoms with van der Waals surface area (Å²) in [6.45, 7) is 1.91. The number of allylic oxidation sites excluding steroid dienone is 2. The van der Waals surface area contributed by atoms with E-state index < -0.39 is 0 Å². The molecular formula is C25H22FNO. The second-order valence-electron chi connectivity index (χ2n) is 7.69. The number of anilines is 1. The zero-order valence-electron chi connectivity index (χ0n) is 15.8. The fraction of sp³-hybridized carbons (Fsp3) is 0.240. The summed E-state index contributed by atoms with van der Waals surface area (Å²) >= 11 is 0. The third kappa shape index (κ3) is 2.50. The molecule has 0 radical (unpaired) electrons. The minimum absolute atomic E-state index is 0.0817. The highest BCUT2D eigenvalue weighted by Gasteiger charge is 2.44. The van der Waals surface area contributed by atoms with E-state index in [1.807, 2.05) is 24.0 Å². The maximum absolute atomic E-state index is 13.6. The van der Waals surface area contributed by atoms with Gasteiger partial charge in [0, 0.05) is 18.0 Å². The molecule has 0 N–H and O–H groups in total. The van der Waals surface area contributed by atoms with Crippen molar-refractivity contribution in [1.82, 2.24) is 0 Å². The Labute approximate surface area is 164 Å². The molecule has 0 saturated carbocycles. The number of rotatable bonds is 2. The summed E-state index contributed by atoms with van der Waals surface area (Å²) in [5.74, 6) is 0.382. The minimum atomic E-state index is -0.250. The van der Waals surface area contributed by atoms with Crippen molar-refractivity contribution in [2.45, 2.75) is 31.7 Å². The van der Waals surface area contributed by atoms with E-state index in [4.69, 9.17) is 0 Å². The van der Waals surface area contributed by atoms with Gasteiger partial charge in [0.15, 0.2) is 0 Å². The Bertz CT molecular complexity index is 1090. The van der Waals surface area contributed by atoms with Crippen LogP contribution in [0.1, 0.15) is 42.9 Å². The largest absolute Gasteiger partial charge is 0.304 e. The van der Waals surface area contributed by atoms with E-state index in [1.54, 1.807) is 0 Å². The van der Waals surface area contributed by atoms with Crippen molar-refractivity contribution >= 4 is 22.4 Å². The molecule has 0 aromatic heterocycles. The molecule has 0 fully saturated rings. The Hall–Kier alpha value is -2.94. The van der Waals surface area contributed by atoms with E-state index in [1.165, 1.54) is 28.5 Å². The number of benzene rings is 3. The van der Waals surface area contributed by atoms with Gasteiger partial charge in [0.1, 0.15) is 5.82 Å². The van der Waals surface area contributed by atoms with Crippen molar-refractivity contribution in [3.63, 3.8) is 0 Å². The van der Waals surface area contributed by atoms with Crippen molar-refractivity contribution in [2.75, 3.05) is 4.90 Å². The predicted molar refractivity (Wildman–Crippen MR) is 111 cm³/mol. The molecule has 1 aliphatic carbocycles. The summed E-state index contributed by atoms with van der Waals surface area (Å²) in [6.07, 6.45) is 5.88. The van der Waals surface area contributed by atoms with Gasteiger partial charge in [0.25, 0.3) is 0 Å². The SMILES string of the molecule is CCC(=O)N1c2ccc3ccccc3c2[C@H]2C=CC[C@@H]2[C@H]1c1ccc(F)cc1. The van der Waals surface area contributed by atoms with Crippen LogP contribution in [0.2, 0.25) is 0 Å². The number of carbonyl (C=O) groups is 1. The van der Waals surface area contributed by atoms with Gasteiger partial charge in [-0.2, -0.15) is 0 Å². The topological polar surface area (TPSA) is 20.3 Å². The molecule has 3 aromatic rings. The lowest BCUT2D eigenvalue weighted by Crippen LogP contribution is -2.43. The predicted octanol–water partition coefficient (Wildman–Crippen LogP) is 6.14. The maximum atomic E-state index is 13.6. The van der Waals surface area contributed by atoms with Crippen LogP contribution in [0.4, 0.5) is 10.1 Å². The highest BCUT2D eigenvalue weighted by Crippen LogP contribution is 2.54. The molecule has 1 heterocycles. The molecule has 3 atom stereocenters. The van der Waals surface area contributed by atoms with Crippen LogP contribution in [0.5, 0.6) is 0 Å². The summed E-state index contributed by atoms with van der Waals surface area (Å²) in [7, 11) is 0. The normalized spacial score (nSPS) is 22.9. The van der Waals surface area contributed by atoms with Crippen molar-refractivity contribution in [3.8, 4) is 0 Å².